The van der Waals surface area contributed by atoms with Crippen molar-refractivity contribution in [3.05, 3.63) is 97.1 Å². The SMILES string of the molecule is O=c1[nH]c2ccccc2c(=O)n1N=Cc1cc(Br)ccc1OCc1ccc2c(c1)OCO2. The van der Waals surface area contributed by atoms with Crippen LogP contribution in [0.4, 0.5) is 0 Å². The van der Waals surface area contributed by atoms with Gasteiger partial charge in [0, 0.05) is 10.0 Å². The van der Waals surface area contributed by atoms with Gasteiger partial charge in [0.1, 0.15) is 12.4 Å². The predicted octanol–water partition coefficient (Wildman–Crippen LogP) is 3.64. The number of aromatic nitrogens is 2. The Hall–Kier alpha value is -3.85. The number of benzene rings is 3. The van der Waals surface area contributed by atoms with Crippen LogP contribution in [0.15, 0.2) is 79.8 Å². The van der Waals surface area contributed by atoms with Crippen LogP contribution in [0.25, 0.3) is 10.9 Å². The molecule has 160 valence electrons. The van der Waals surface area contributed by atoms with Crippen molar-refractivity contribution in [1.29, 1.82) is 0 Å². The van der Waals surface area contributed by atoms with E-state index in [1.807, 2.05) is 24.3 Å². The van der Waals surface area contributed by atoms with Gasteiger partial charge >= 0.3 is 5.69 Å². The fourth-order valence-electron chi connectivity index (χ4n) is 3.32. The summed E-state index contributed by atoms with van der Waals surface area (Å²) >= 11 is 3.43. The molecule has 2 heterocycles. The number of hydrogen-bond acceptors (Lipinski definition) is 6. The van der Waals surface area contributed by atoms with Gasteiger partial charge in [0.15, 0.2) is 11.5 Å². The van der Waals surface area contributed by atoms with Gasteiger partial charge in [0.05, 0.1) is 17.1 Å². The maximum atomic E-state index is 12.7. The lowest BCUT2D eigenvalue weighted by Crippen LogP contribution is -2.32. The zero-order chi connectivity index (χ0) is 22.1. The van der Waals surface area contributed by atoms with E-state index < -0.39 is 11.2 Å². The molecule has 1 aromatic heterocycles. The Bertz CT molecular complexity index is 1470. The standard InChI is InChI=1S/C23H16BrN3O5/c24-16-6-8-19(30-12-14-5-7-20-21(9-14)32-13-31-20)15(10-16)11-25-27-22(28)17-3-1-2-4-18(17)26-23(27)29/h1-11H,12-13H2,(H,26,29). The Balaban J connectivity index is 1.44. The molecule has 0 fully saturated rings. The van der Waals surface area contributed by atoms with Crippen LogP contribution >= 0.6 is 15.9 Å². The minimum absolute atomic E-state index is 0.209. The number of H-pyrrole nitrogens is 1. The Morgan fingerprint density at radius 2 is 1.91 bits per heavy atom. The number of halogens is 1. The maximum absolute atomic E-state index is 12.7. The summed E-state index contributed by atoms with van der Waals surface area (Å²) in [6, 6.07) is 17.8. The van der Waals surface area contributed by atoms with Gasteiger partial charge in [-0.05, 0) is 48.0 Å². The highest BCUT2D eigenvalue weighted by Gasteiger charge is 2.14. The molecule has 0 radical (unpaired) electrons. The minimum Gasteiger partial charge on any atom is -0.488 e. The number of aromatic amines is 1. The lowest BCUT2D eigenvalue weighted by atomic mass is 10.2. The highest BCUT2D eigenvalue weighted by atomic mass is 79.9. The van der Waals surface area contributed by atoms with Crippen molar-refractivity contribution in [3.63, 3.8) is 0 Å². The van der Waals surface area contributed by atoms with Crippen LogP contribution in [0.1, 0.15) is 11.1 Å². The van der Waals surface area contributed by atoms with Crippen LogP contribution in [0.2, 0.25) is 0 Å². The topological polar surface area (TPSA) is 94.9 Å². The quantitative estimate of drug-likeness (QED) is 0.428. The van der Waals surface area contributed by atoms with Crippen molar-refractivity contribution < 1.29 is 14.2 Å². The van der Waals surface area contributed by atoms with E-state index in [2.05, 4.69) is 26.0 Å². The molecule has 8 nitrogen and oxygen atoms in total. The summed E-state index contributed by atoms with van der Waals surface area (Å²) in [7, 11) is 0. The molecule has 5 rings (SSSR count). The van der Waals surface area contributed by atoms with Gasteiger partial charge < -0.3 is 19.2 Å². The van der Waals surface area contributed by atoms with Gasteiger partial charge in [-0.25, -0.2) is 4.79 Å². The van der Waals surface area contributed by atoms with E-state index in [1.165, 1.54) is 6.21 Å². The second-order valence-corrected chi connectivity index (χ2v) is 7.91. The number of nitrogens with one attached hydrogen (secondary N) is 1. The average Bonchev–Trinajstić information content (AvgIpc) is 3.26. The number of hydrogen-bond donors (Lipinski definition) is 1. The molecule has 3 aromatic carbocycles. The third-order valence-corrected chi connectivity index (χ3v) is 5.39. The fourth-order valence-corrected chi connectivity index (χ4v) is 3.70. The van der Waals surface area contributed by atoms with Gasteiger partial charge in [-0.15, -0.1) is 4.68 Å². The summed E-state index contributed by atoms with van der Waals surface area (Å²) in [6.45, 7) is 0.496. The first-order chi connectivity index (χ1) is 15.6. The third kappa shape index (κ3) is 3.90. The lowest BCUT2D eigenvalue weighted by molar-refractivity contribution is 0.174. The molecule has 9 heteroatoms. The van der Waals surface area contributed by atoms with E-state index in [0.29, 0.717) is 33.7 Å². The van der Waals surface area contributed by atoms with Crippen LogP contribution < -0.4 is 25.5 Å². The molecule has 1 aliphatic rings. The normalized spacial score (nSPS) is 12.5. The molecule has 4 aromatic rings. The van der Waals surface area contributed by atoms with Crippen molar-refractivity contribution >= 4 is 33.0 Å². The van der Waals surface area contributed by atoms with Crippen LogP contribution in [-0.2, 0) is 6.61 Å². The molecule has 0 unspecified atom stereocenters. The molecule has 0 atom stereocenters. The summed E-state index contributed by atoms with van der Waals surface area (Å²) in [4.78, 5) is 27.7. The van der Waals surface area contributed by atoms with Crippen LogP contribution in [0.3, 0.4) is 0 Å². The summed E-state index contributed by atoms with van der Waals surface area (Å²) in [5.41, 5.74) is 0.840. The smallest absolute Gasteiger partial charge is 0.349 e. The highest BCUT2D eigenvalue weighted by Crippen LogP contribution is 2.33. The van der Waals surface area contributed by atoms with Crippen LogP contribution in [-0.4, -0.2) is 22.7 Å². The predicted molar refractivity (Wildman–Crippen MR) is 123 cm³/mol. The van der Waals surface area contributed by atoms with Crippen molar-refractivity contribution in [3.8, 4) is 17.2 Å². The summed E-state index contributed by atoms with van der Waals surface area (Å²) in [5.74, 6) is 1.93. The number of para-hydroxylation sites is 1. The first-order valence-corrected chi connectivity index (χ1v) is 10.5. The van der Waals surface area contributed by atoms with Gasteiger partial charge in [-0.3, -0.25) is 4.79 Å². The summed E-state index contributed by atoms with van der Waals surface area (Å²) in [5, 5.41) is 4.50. The molecular weight excluding hydrogens is 478 g/mol. The molecule has 0 spiro atoms. The maximum Gasteiger partial charge on any atom is 0.349 e. The van der Waals surface area contributed by atoms with Gasteiger partial charge in [0.25, 0.3) is 5.56 Å². The highest BCUT2D eigenvalue weighted by molar-refractivity contribution is 9.10. The second kappa shape index (κ2) is 8.35. The molecule has 1 N–H and O–H groups in total. The van der Waals surface area contributed by atoms with E-state index >= 15 is 0 Å². The lowest BCUT2D eigenvalue weighted by Gasteiger charge is -2.10. The largest absolute Gasteiger partial charge is 0.488 e. The Morgan fingerprint density at radius 1 is 1.06 bits per heavy atom. The number of ether oxygens (including phenoxy) is 3. The Labute approximate surface area is 189 Å². The van der Waals surface area contributed by atoms with Crippen LogP contribution in [0.5, 0.6) is 17.2 Å². The molecule has 0 amide bonds. The van der Waals surface area contributed by atoms with E-state index in [9.17, 15) is 9.59 Å². The van der Waals surface area contributed by atoms with Gasteiger partial charge in [-0.2, -0.15) is 5.10 Å². The van der Waals surface area contributed by atoms with Crippen molar-refractivity contribution in [2.24, 2.45) is 5.10 Å². The summed E-state index contributed by atoms with van der Waals surface area (Å²) in [6.07, 6.45) is 1.42. The first kappa shape index (κ1) is 20.1. The molecule has 0 aliphatic carbocycles. The van der Waals surface area contributed by atoms with Crippen molar-refractivity contribution in [2.45, 2.75) is 6.61 Å². The van der Waals surface area contributed by atoms with Crippen LogP contribution in [0, 0.1) is 0 Å². The zero-order valence-corrected chi connectivity index (χ0v) is 18.2. The minimum atomic E-state index is -0.622. The molecule has 0 saturated heterocycles. The Kier molecular flexibility index (Phi) is 5.24. The number of rotatable bonds is 5. The zero-order valence-electron chi connectivity index (χ0n) is 16.6. The molecule has 1 aliphatic heterocycles. The second-order valence-electron chi connectivity index (χ2n) is 7.00. The average molecular weight is 494 g/mol. The molecule has 0 bridgehead atoms. The van der Waals surface area contributed by atoms with E-state index in [-0.39, 0.29) is 13.4 Å². The van der Waals surface area contributed by atoms with E-state index in [1.54, 1.807) is 36.4 Å². The fraction of sp³-hybridized carbons (Fsp3) is 0.0870. The van der Waals surface area contributed by atoms with E-state index in [0.717, 1.165) is 14.7 Å². The first-order valence-electron chi connectivity index (χ1n) is 9.68. The van der Waals surface area contributed by atoms with E-state index in [4.69, 9.17) is 14.2 Å². The number of nitrogens with zero attached hydrogens (tertiary/aromatic N) is 2. The molecule has 0 saturated carbocycles. The van der Waals surface area contributed by atoms with Gasteiger partial charge in [0.2, 0.25) is 6.79 Å². The number of fused-ring (bicyclic) bond motifs is 2. The molecular formula is C23H16BrN3O5. The third-order valence-electron chi connectivity index (χ3n) is 4.90. The van der Waals surface area contributed by atoms with Crippen molar-refractivity contribution in [2.75, 3.05) is 6.79 Å². The Morgan fingerprint density at radius 3 is 2.81 bits per heavy atom. The van der Waals surface area contributed by atoms with Crippen molar-refractivity contribution in [1.82, 2.24) is 9.66 Å². The summed E-state index contributed by atoms with van der Waals surface area (Å²) < 4.78 is 18.3. The van der Waals surface area contributed by atoms with Gasteiger partial charge in [-0.1, -0.05) is 34.1 Å². The molecule has 32 heavy (non-hydrogen) atoms. The monoisotopic (exact) mass is 493 g/mol.